The van der Waals surface area contributed by atoms with Crippen molar-refractivity contribution in [2.75, 3.05) is 6.54 Å². The van der Waals surface area contributed by atoms with Crippen LogP contribution in [-0.4, -0.2) is 22.1 Å². The molecule has 1 aromatic rings. The molecule has 1 fully saturated rings. The molecule has 0 radical (unpaired) electrons. The van der Waals surface area contributed by atoms with E-state index in [0.29, 0.717) is 11.8 Å². The molecule has 1 unspecified atom stereocenters. The molecule has 1 saturated carbocycles. The van der Waals surface area contributed by atoms with Crippen molar-refractivity contribution in [1.29, 1.82) is 0 Å². The quantitative estimate of drug-likeness (QED) is 0.907. The van der Waals surface area contributed by atoms with Crippen molar-refractivity contribution >= 4 is 0 Å². The molecule has 1 aliphatic rings. The van der Waals surface area contributed by atoms with Gasteiger partial charge in [0.05, 0.1) is 0 Å². The minimum Gasteiger partial charge on any atom is -0.311 e. The summed E-state index contributed by atoms with van der Waals surface area (Å²) in [5.41, 5.74) is 3.82. The third-order valence-corrected chi connectivity index (χ3v) is 4.25. The van der Waals surface area contributed by atoms with Gasteiger partial charge in [-0.15, -0.1) is 0 Å². The Bertz CT molecular complexity index is 447. The lowest BCUT2D eigenvalue weighted by Crippen LogP contribution is -2.38. The fourth-order valence-electron chi connectivity index (χ4n) is 2.87. The van der Waals surface area contributed by atoms with E-state index in [1.807, 2.05) is 0 Å². The van der Waals surface area contributed by atoms with E-state index in [-0.39, 0.29) is 5.54 Å². The predicted molar refractivity (Wildman–Crippen MR) is 84.3 cm³/mol. The normalized spacial score (nSPS) is 17.9. The molecule has 3 nitrogen and oxygen atoms in total. The van der Waals surface area contributed by atoms with Gasteiger partial charge in [-0.2, -0.15) is 0 Å². The van der Waals surface area contributed by atoms with Crippen molar-refractivity contribution in [3.8, 4) is 0 Å². The van der Waals surface area contributed by atoms with Crippen molar-refractivity contribution < 1.29 is 0 Å². The first-order chi connectivity index (χ1) is 9.28. The van der Waals surface area contributed by atoms with E-state index < -0.39 is 0 Å². The first kappa shape index (κ1) is 15.4. The molecule has 0 aromatic carbocycles. The van der Waals surface area contributed by atoms with Crippen LogP contribution < -0.4 is 5.32 Å². The van der Waals surface area contributed by atoms with Crippen LogP contribution in [0.2, 0.25) is 0 Å². The SMILES string of the molecule is Cc1nc(C2CCC2)nc(C)c1C(C)CNC(C)(C)C. The van der Waals surface area contributed by atoms with Crippen molar-refractivity contribution in [1.82, 2.24) is 15.3 Å². The standard InChI is InChI=1S/C17H29N3/c1-11(10-18-17(4,5)6)15-12(2)19-16(20-13(15)3)14-8-7-9-14/h11,14,18H,7-10H2,1-6H3. The highest BCUT2D eigenvalue weighted by Crippen LogP contribution is 2.35. The maximum atomic E-state index is 4.78. The van der Waals surface area contributed by atoms with Gasteiger partial charge in [-0.3, -0.25) is 0 Å². The summed E-state index contributed by atoms with van der Waals surface area (Å²) in [5.74, 6) is 2.14. The van der Waals surface area contributed by atoms with Crippen LogP contribution in [0.5, 0.6) is 0 Å². The van der Waals surface area contributed by atoms with E-state index in [0.717, 1.165) is 12.4 Å². The largest absolute Gasteiger partial charge is 0.311 e. The second kappa shape index (κ2) is 5.80. The predicted octanol–water partition coefficient (Wildman–Crippen LogP) is 3.85. The summed E-state index contributed by atoms with van der Waals surface area (Å²) in [4.78, 5) is 9.57. The van der Waals surface area contributed by atoms with Crippen LogP contribution in [0.25, 0.3) is 0 Å². The number of hydrogen-bond donors (Lipinski definition) is 1. The highest BCUT2D eigenvalue weighted by atomic mass is 15.0. The molecule has 112 valence electrons. The number of aryl methyl sites for hydroxylation is 2. The molecule has 3 heteroatoms. The van der Waals surface area contributed by atoms with Crippen molar-refractivity contribution in [3.63, 3.8) is 0 Å². The van der Waals surface area contributed by atoms with Crippen molar-refractivity contribution in [2.24, 2.45) is 0 Å². The Morgan fingerprint density at radius 3 is 2.10 bits per heavy atom. The van der Waals surface area contributed by atoms with Gasteiger partial charge in [0.1, 0.15) is 5.82 Å². The number of nitrogens with one attached hydrogen (secondary N) is 1. The maximum Gasteiger partial charge on any atom is 0.131 e. The van der Waals surface area contributed by atoms with Crippen LogP contribution in [0, 0.1) is 13.8 Å². The minimum absolute atomic E-state index is 0.156. The van der Waals surface area contributed by atoms with Crippen LogP contribution in [-0.2, 0) is 0 Å². The van der Waals surface area contributed by atoms with Gasteiger partial charge < -0.3 is 5.32 Å². The number of aromatic nitrogens is 2. The van der Waals surface area contributed by atoms with Crippen LogP contribution in [0.1, 0.15) is 81.6 Å². The molecule has 20 heavy (non-hydrogen) atoms. The average Bonchev–Trinajstić information content (AvgIpc) is 2.22. The monoisotopic (exact) mass is 275 g/mol. The van der Waals surface area contributed by atoms with Gasteiger partial charge in [0, 0.05) is 29.4 Å². The molecule has 0 bridgehead atoms. The summed E-state index contributed by atoms with van der Waals surface area (Å²) in [6.45, 7) is 14.1. The third kappa shape index (κ3) is 3.57. The zero-order valence-corrected chi connectivity index (χ0v) is 13.9. The van der Waals surface area contributed by atoms with Gasteiger partial charge in [-0.25, -0.2) is 9.97 Å². The fourth-order valence-corrected chi connectivity index (χ4v) is 2.87. The number of nitrogens with zero attached hydrogens (tertiary/aromatic N) is 2. The molecule has 1 atom stereocenters. The van der Waals surface area contributed by atoms with Gasteiger partial charge in [0.2, 0.25) is 0 Å². The molecule has 1 heterocycles. The first-order valence-corrected chi connectivity index (χ1v) is 7.88. The van der Waals surface area contributed by atoms with Gasteiger partial charge >= 0.3 is 0 Å². The van der Waals surface area contributed by atoms with E-state index in [4.69, 9.17) is 9.97 Å². The van der Waals surface area contributed by atoms with E-state index in [9.17, 15) is 0 Å². The maximum absolute atomic E-state index is 4.78. The lowest BCUT2D eigenvalue weighted by Gasteiger charge is -2.27. The van der Waals surface area contributed by atoms with E-state index in [1.165, 1.54) is 36.2 Å². The Morgan fingerprint density at radius 2 is 1.70 bits per heavy atom. The van der Waals surface area contributed by atoms with Crippen LogP contribution in [0.15, 0.2) is 0 Å². The Balaban J connectivity index is 2.14. The van der Waals surface area contributed by atoms with Crippen LogP contribution in [0.4, 0.5) is 0 Å². The van der Waals surface area contributed by atoms with Crippen molar-refractivity contribution in [2.45, 2.75) is 78.2 Å². The van der Waals surface area contributed by atoms with E-state index in [2.05, 4.69) is 46.9 Å². The smallest absolute Gasteiger partial charge is 0.131 e. The lowest BCUT2D eigenvalue weighted by atomic mass is 9.84. The molecule has 2 rings (SSSR count). The summed E-state index contributed by atoms with van der Waals surface area (Å²) in [5, 5.41) is 3.58. The molecular weight excluding hydrogens is 246 g/mol. The van der Waals surface area contributed by atoms with Crippen molar-refractivity contribution in [3.05, 3.63) is 22.8 Å². The Hall–Kier alpha value is -0.960. The first-order valence-electron chi connectivity index (χ1n) is 7.88. The molecule has 1 aliphatic carbocycles. The van der Waals surface area contributed by atoms with E-state index >= 15 is 0 Å². The number of hydrogen-bond acceptors (Lipinski definition) is 3. The second-order valence-corrected chi connectivity index (χ2v) is 7.33. The van der Waals surface area contributed by atoms with Gasteiger partial charge in [0.25, 0.3) is 0 Å². The molecule has 1 N–H and O–H groups in total. The molecule has 0 saturated heterocycles. The zero-order chi connectivity index (χ0) is 14.9. The third-order valence-electron chi connectivity index (χ3n) is 4.25. The Labute approximate surface area is 123 Å². The summed E-state index contributed by atoms with van der Waals surface area (Å²) in [7, 11) is 0. The molecular formula is C17H29N3. The molecule has 0 amide bonds. The summed E-state index contributed by atoms with van der Waals surface area (Å²) < 4.78 is 0. The molecule has 0 spiro atoms. The molecule has 1 aromatic heterocycles. The highest BCUT2D eigenvalue weighted by molar-refractivity contribution is 5.29. The Morgan fingerprint density at radius 1 is 1.15 bits per heavy atom. The summed E-state index contributed by atoms with van der Waals surface area (Å²) in [6.07, 6.45) is 3.86. The summed E-state index contributed by atoms with van der Waals surface area (Å²) in [6, 6.07) is 0. The van der Waals surface area contributed by atoms with Crippen LogP contribution in [0.3, 0.4) is 0 Å². The average molecular weight is 275 g/mol. The van der Waals surface area contributed by atoms with E-state index in [1.54, 1.807) is 0 Å². The number of rotatable bonds is 4. The van der Waals surface area contributed by atoms with Gasteiger partial charge in [0.15, 0.2) is 0 Å². The fraction of sp³-hybridized carbons (Fsp3) is 0.765. The Kier molecular flexibility index (Phi) is 4.48. The topological polar surface area (TPSA) is 37.8 Å². The minimum atomic E-state index is 0.156. The molecule has 0 aliphatic heterocycles. The summed E-state index contributed by atoms with van der Waals surface area (Å²) >= 11 is 0. The van der Waals surface area contributed by atoms with Gasteiger partial charge in [-0.05, 0) is 58.9 Å². The van der Waals surface area contributed by atoms with Crippen LogP contribution >= 0.6 is 0 Å². The highest BCUT2D eigenvalue weighted by Gasteiger charge is 2.24. The van der Waals surface area contributed by atoms with Gasteiger partial charge in [-0.1, -0.05) is 13.3 Å². The lowest BCUT2D eigenvalue weighted by molar-refractivity contribution is 0.396. The zero-order valence-electron chi connectivity index (χ0n) is 13.9. The second-order valence-electron chi connectivity index (χ2n) is 7.33.